The van der Waals surface area contributed by atoms with Crippen LogP contribution in [-0.4, -0.2) is 0 Å². The lowest BCUT2D eigenvalue weighted by atomic mass is 10.2. The number of hydrogen-bond acceptors (Lipinski definition) is 0. The fourth-order valence-corrected chi connectivity index (χ4v) is 1.04. The lowest BCUT2D eigenvalue weighted by molar-refractivity contribution is 0.852. The zero-order valence-electron chi connectivity index (χ0n) is 7.37. The summed E-state index contributed by atoms with van der Waals surface area (Å²) < 4.78 is 0. The Kier molecular flexibility index (Phi) is 5.02. The van der Waals surface area contributed by atoms with Crippen LogP contribution in [-0.2, 0) is 0 Å². The summed E-state index contributed by atoms with van der Waals surface area (Å²) in [6.07, 6.45) is 22.5. The smallest absolute Gasteiger partial charge is 0.0166 e. The summed E-state index contributed by atoms with van der Waals surface area (Å²) >= 11 is 0. The molecule has 0 heterocycles. The van der Waals surface area contributed by atoms with Crippen LogP contribution in [0.25, 0.3) is 0 Å². The van der Waals surface area contributed by atoms with Gasteiger partial charge in [-0.3, -0.25) is 0 Å². The van der Waals surface area contributed by atoms with Gasteiger partial charge in [-0.15, -0.1) is 0 Å². The van der Waals surface area contributed by atoms with Crippen molar-refractivity contribution in [3.63, 3.8) is 0 Å². The van der Waals surface area contributed by atoms with Crippen LogP contribution < -0.4 is 0 Å². The SMILES string of the molecule is [C]1=CC=CC=CCC=CCCC1. The summed E-state index contributed by atoms with van der Waals surface area (Å²) in [5.74, 6) is 0. The van der Waals surface area contributed by atoms with Gasteiger partial charge in [0.25, 0.3) is 0 Å². The van der Waals surface area contributed by atoms with E-state index in [1.807, 2.05) is 18.2 Å². The standard InChI is InChI=1S/C12H15/c1-2-4-6-8-10-12-11-9-7-5-3-1/h1-5,8,10H,6,9,11-12H2. The van der Waals surface area contributed by atoms with Crippen molar-refractivity contribution in [3.05, 3.63) is 48.6 Å². The van der Waals surface area contributed by atoms with E-state index in [9.17, 15) is 0 Å². The van der Waals surface area contributed by atoms with Crippen molar-refractivity contribution in [1.82, 2.24) is 0 Å². The maximum atomic E-state index is 3.22. The molecule has 0 spiro atoms. The van der Waals surface area contributed by atoms with Gasteiger partial charge in [0.15, 0.2) is 0 Å². The first-order valence-electron chi connectivity index (χ1n) is 4.53. The zero-order chi connectivity index (χ0) is 8.49. The fourth-order valence-electron chi connectivity index (χ4n) is 1.04. The van der Waals surface area contributed by atoms with Gasteiger partial charge < -0.3 is 0 Å². The molecule has 1 aliphatic carbocycles. The Bertz CT molecular complexity index is 204. The van der Waals surface area contributed by atoms with E-state index in [0.717, 1.165) is 12.8 Å². The molecule has 0 nitrogen and oxygen atoms in total. The van der Waals surface area contributed by atoms with Crippen LogP contribution in [0.5, 0.6) is 0 Å². The molecule has 1 radical (unpaired) electrons. The minimum absolute atomic E-state index is 1.05. The molecule has 0 amide bonds. The molecule has 0 bridgehead atoms. The Morgan fingerprint density at radius 2 is 1.92 bits per heavy atom. The van der Waals surface area contributed by atoms with Gasteiger partial charge in [-0.05, 0) is 31.8 Å². The van der Waals surface area contributed by atoms with Crippen LogP contribution in [0.1, 0.15) is 25.7 Å². The summed E-state index contributed by atoms with van der Waals surface area (Å²) in [4.78, 5) is 0. The van der Waals surface area contributed by atoms with Gasteiger partial charge in [0, 0.05) is 0 Å². The highest BCUT2D eigenvalue weighted by atomic mass is 13.9. The minimum Gasteiger partial charge on any atom is -0.0882 e. The van der Waals surface area contributed by atoms with Crippen molar-refractivity contribution in [2.24, 2.45) is 0 Å². The average Bonchev–Trinajstić information content (AvgIpc) is 2.05. The normalized spacial score (nSPS) is 18.7. The molecule has 12 heavy (non-hydrogen) atoms. The highest BCUT2D eigenvalue weighted by molar-refractivity contribution is 5.10. The third-order valence-corrected chi connectivity index (χ3v) is 1.70. The monoisotopic (exact) mass is 159 g/mol. The summed E-state index contributed by atoms with van der Waals surface area (Å²) in [5, 5.41) is 0. The highest BCUT2D eigenvalue weighted by Crippen LogP contribution is 1.99. The lowest BCUT2D eigenvalue weighted by Gasteiger charge is -1.89. The summed E-state index contributed by atoms with van der Waals surface area (Å²) in [5.41, 5.74) is 0. The molecule has 1 aliphatic rings. The molecule has 0 aromatic rings. The van der Waals surface area contributed by atoms with E-state index in [2.05, 4.69) is 30.4 Å². The first kappa shape index (κ1) is 9.05. The number of rotatable bonds is 0. The predicted molar refractivity (Wildman–Crippen MR) is 53.7 cm³/mol. The molecule has 0 fully saturated rings. The molecule has 0 heteroatoms. The molecule has 0 atom stereocenters. The topological polar surface area (TPSA) is 0 Å². The molecule has 0 aliphatic heterocycles. The van der Waals surface area contributed by atoms with Crippen molar-refractivity contribution < 1.29 is 0 Å². The van der Waals surface area contributed by atoms with Crippen LogP contribution in [0.2, 0.25) is 0 Å². The van der Waals surface area contributed by atoms with E-state index < -0.39 is 0 Å². The largest absolute Gasteiger partial charge is 0.0882 e. The van der Waals surface area contributed by atoms with E-state index in [1.165, 1.54) is 12.8 Å². The van der Waals surface area contributed by atoms with Gasteiger partial charge in [-0.1, -0.05) is 42.5 Å². The molecule has 63 valence electrons. The third kappa shape index (κ3) is 4.73. The molecule has 0 saturated heterocycles. The number of allylic oxidation sites excluding steroid dienone is 8. The Labute approximate surface area is 75.0 Å². The predicted octanol–water partition coefficient (Wildman–Crippen LogP) is 3.59. The fraction of sp³-hybridized carbons (Fsp3) is 0.333. The second-order valence-corrected chi connectivity index (χ2v) is 2.78. The average molecular weight is 159 g/mol. The Hall–Kier alpha value is -1.04. The van der Waals surface area contributed by atoms with Crippen LogP contribution in [0.15, 0.2) is 42.5 Å². The maximum absolute atomic E-state index is 3.22. The van der Waals surface area contributed by atoms with Crippen LogP contribution >= 0.6 is 0 Å². The Balaban J connectivity index is 2.42. The van der Waals surface area contributed by atoms with Crippen molar-refractivity contribution in [2.45, 2.75) is 25.7 Å². The molecule has 0 saturated carbocycles. The van der Waals surface area contributed by atoms with Crippen molar-refractivity contribution in [3.8, 4) is 0 Å². The molecular formula is C12H15. The van der Waals surface area contributed by atoms with E-state index >= 15 is 0 Å². The minimum atomic E-state index is 1.05. The van der Waals surface area contributed by atoms with Crippen LogP contribution in [0, 0.1) is 6.08 Å². The van der Waals surface area contributed by atoms with Gasteiger partial charge in [0.05, 0.1) is 0 Å². The van der Waals surface area contributed by atoms with E-state index in [1.54, 1.807) is 0 Å². The van der Waals surface area contributed by atoms with Crippen molar-refractivity contribution in [1.29, 1.82) is 0 Å². The molecule has 0 unspecified atom stereocenters. The van der Waals surface area contributed by atoms with Gasteiger partial charge in [0.1, 0.15) is 0 Å². The third-order valence-electron chi connectivity index (χ3n) is 1.70. The van der Waals surface area contributed by atoms with Crippen LogP contribution in [0.4, 0.5) is 0 Å². The quantitative estimate of drug-likeness (QED) is 0.474. The van der Waals surface area contributed by atoms with Crippen molar-refractivity contribution in [2.75, 3.05) is 0 Å². The highest BCUT2D eigenvalue weighted by Gasteiger charge is 1.80. The second kappa shape index (κ2) is 6.66. The Morgan fingerprint density at radius 3 is 2.92 bits per heavy atom. The molecule has 1 rings (SSSR count). The maximum Gasteiger partial charge on any atom is -0.0166 e. The van der Waals surface area contributed by atoms with Gasteiger partial charge in [-0.25, -0.2) is 0 Å². The van der Waals surface area contributed by atoms with E-state index in [-0.39, 0.29) is 0 Å². The molecule has 0 N–H and O–H groups in total. The first-order valence-corrected chi connectivity index (χ1v) is 4.53. The van der Waals surface area contributed by atoms with Gasteiger partial charge in [0.2, 0.25) is 0 Å². The van der Waals surface area contributed by atoms with Gasteiger partial charge >= 0.3 is 0 Å². The summed E-state index contributed by atoms with van der Waals surface area (Å²) in [6.45, 7) is 0. The zero-order valence-corrected chi connectivity index (χ0v) is 7.37. The summed E-state index contributed by atoms with van der Waals surface area (Å²) in [7, 11) is 0. The molecule has 0 aromatic carbocycles. The molecule has 0 aromatic heterocycles. The first-order chi connectivity index (χ1) is 6.00. The number of hydrogen-bond donors (Lipinski definition) is 0. The van der Waals surface area contributed by atoms with Crippen molar-refractivity contribution >= 4 is 0 Å². The lowest BCUT2D eigenvalue weighted by Crippen LogP contribution is -1.70. The van der Waals surface area contributed by atoms with E-state index in [4.69, 9.17) is 0 Å². The summed E-state index contributed by atoms with van der Waals surface area (Å²) in [6, 6.07) is 0. The van der Waals surface area contributed by atoms with E-state index in [0.29, 0.717) is 0 Å². The molecular weight excluding hydrogens is 144 g/mol. The Morgan fingerprint density at radius 1 is 0.917 bits per heavy atom. The second-order valence-electron chi connectivity index (χ2n) is 2.78. The van der Waals surface area contributed by atoms with Gasteiger partial charge in [-0.2, -0.15) is 0 Å². The van der Waals surface area contributed by atoms with Crippen LogP contribution in [0.3, 0.4) is 0 Å².